The van der Waals surface area contributed by atoms with Gasteiger partial charge in [0.2, 0.25) is 0 Å². The maximum atomic E-state index is 11.8. The Bertz CT molecular complexity index is 478. The summed E-state index contributed by atoms with van der Waals surface area (Å²) in [4.78, 5) is 11.8. The summed E-state index contributed by atoms with van der Waals surface area (Å²) in [6.07, 6.45) is 5.76. The summed E-state index contributed by atoms with van der Waals surface area (Å²) in [7, 11) is 0. The first-order chi connectivity index (χ1) is 10.2. The van der Waals surface area contributed by atoms with Crippen LogP contribution in [0.2, 0.25) is 0 Å². The first kappa shape index (κ1) is 15.8. The standard InChI is InChI=1S/C18H24O3/c1-2-21-18(20)16-11-15(12-17(19)13-16)10-6-9-14-7-4-3-5-8-14/h3-5,7-8,11,16-17,19H,2,6,9-10,12-13H2,1H3/t16?,17-/m0/s1. The lowest BCUT2D eigenvalue weighted by Crippen LogP contribution is -2.26. The van der Waals surface area contributed by atoms with Crippen molar-refractivity contribution in [2.45, 2.75) is 45.1 Å². The molecular formula is C18H24O3. The van der Waals surface area contributed by atoms with Crippen LogP contribution < -0.4 is 0 Å². The molecule has 0 heterocycles. The molecule has 2 atom stereocenters. The minimum absolute atomic E-state index is 0.211. The first-order valence-corrected chi connectivity index (χ1v) is 7.77. The Morgan fingerprint density at radius 2 is 2.05 bits per heavy atom. The summed E-state index contributed by atoms with van der Waals surface area (Å²) in [6, 6.07) is 10.4. The molecule has 0 saturated carbocycles. The predicted molar refractivity (Wildman–Crippen MR) is 82.8 cm³/mol. The zero-order valence-electron chi connectivity index (χ0n) is 12.6. The van der Waals surface area contributed by atoms with Crippen molar-refractivity contribution >= 4 is 5.97 Å². The molecule has 1 aliphatic rings. The van der Waals surface area contributed by atoms with Crippen molar-refractivity contribution in [3.8, 4) is 0 Å². The number of esters is 1. The molecule has 0 saturated heterocycles. The van der Waals surface area contributed by atoms with Gasteiger partial charge in [0, 0.05) is 0 Å². The molecule has 0 radical (unpaired) electrons. The molecule has 1 aromatic carbocycles. The molecule has 0 fully saturated rings. The molecule has 0 aliphatic heterocycles. The molecule has 0 bridgehead atoms. The van der Waals surface area contributed by atoms with E-state index < -0.39 is 6.10 Å². The Balaban J connectivity index is 1.87. The Hall–Kier alpha value is -1.61. The summed E-state index contributed by atoms with van der Waals surface area (Å²) in [6.45, 7) is 2.20. The van der Waals surface area contributed by atoms with Gasteiger partial charge >= 0.3 is 5.97 Å². The largest absolute Gasteiger partial charge is 0.466 e. The Kier molecular flexibility index (Phi) is 6.00. The Morgan fingerprint density at radius 3 is 2.76 bits per heavy atom. The van der Waals surface area contributed by atoms with Crippen LogP contribution in [-0.4, -0.2) is 23.8 Å². The van der Waals surface area contributed by atoms with E-state index in [0.717, 1.165) is 19.3 Å². The fourth-order valence-electron chi connectivity index (χ4n) is 2.86. The number of rotatable bonds is 6. The van der Waals surface area contributed by atoms with Gasteiger partial charge in [-0.25, -0.2) is 0 Å². The number of hydrogen-bond acceptors (Lipinski definition) is 3. The Labute approximate surface area is 126 Å². The van der Waals surface area contributed by atoms with Crippen LogP contribution >= 0.6 is 0 Å². The summed E-state index contributed by atoms with van der Waals surface area (Å²) in [5.74, 6) is -0.489. The van der Waals surface area contributed by atoms with Crippen LogP contribution in [0, 0.1) is 5.92 Å². The van der Waals surface area contributed by atoms with Crippen LogP contribution in [-0.2, 0) is 16.0 Å². The third kappa shape index (κ3) is 5.01. The number of aliphatic hydroxyl groups excluding tert-OH is 1. The number of aryl methyl sites for hydroxylation is 1. The maximum absolute atomic E-state index is 11.8. The molecule has 114 valence electrons. The second-order valence-corrected chi connectivity index (χ2v) is 5.62. The molecule has 0 aromatic heterocycles. The number of aliphatic hydroxyl groups is 1. The van der Waals surface area contributed by atoms with E-state index in [2.05, 4.69) is 24.3 Å². The molecule has 1 aliphatic carbocycles. The lowest BCUT2D eigenvalue weighted by Gasteiger charge is -2.24. The van der Waals surface area contributed by atoms with Crippen LogP contribution in [0.5, 0.6) is 0 Å². The van der Waals surface area contributed by atoms with E-state index in [4.69, 9.17) is 4.74 Å². The van der Waals surface area contributed by atoms with Crippen molar-refractivity contribution in [1.29, 1.82) is 0 Å². The molecule has 21 heavy (non-hydrogen) atoms. The van der Waals surface area contributed by atoms with Gasteiger partial charge in [-0.05, 0) is 44.6 Å². The second kappa shape index (κ2) is 7.99. The number of ether oxygens (including phenoxy) is 1. The maximum Gasteiger partial charge on any atom is 0.312 e. The average molecular weight is 288 g/mol. The van der Waals surface area contributed by atoms with Crippen LogP contribution in [0.3, 0.4) is 0 Å². The van der Waals surface area contributed by atoms with Crippen molar-refractivity contribution < 1.29 is 14.6 Å². The fraction of sp³-hybridized carbons (Fsp3) is 0.500. The predicted octanol–water partition coefficient (Wildman–Crippen LogP) is 3.27. The highest BCUT2D eigenvalue weighted by molar-refractivity contribution is 5.75. The third-order valence-electron chi connectivity index (χ3n) is 3.86. The van der Waals surface area contributed by atoms with Crippen LogP contribution in [0.25, 0.3) is 0 Å². The van der Waals surface area contributed by atoms with E-state index in [1.165, 1.54) is 11.1 Å². The first-order valence-electron chi connectivity index (χ1n) is 7.77. The van der Waals surface area contributed by atoms with Crippen LogP contribution in [0.15, 0.2) is 42.0 Å². The molecule has 1 aromatic rings. The molecular weight excluding hydrogens is 264 g/mol. The van der Waals surface area contributed by atoms with Gasteiger partial charge in [0.1, 0.15) is 0 Å². The molecule has 2 rings (SSSR count). The fourth-order valence-corrected chi connectivity index (χ4v) is 2.86. The van der Waals surface area contributed by atoms with Gasteiger partial charge in [0.05, 0.1) is 18.6 Å². The van der Waals surface area contributed by atoms with Gasteiger partial charge in [-0.3, -0.25) is 4.79 Å². The number of hydrogen-bond donors (Lipinski definition) is 1. The molecule has 3 heteroatoms. The molecule has 1 N–H and O–H groups in total. The SMILES string of the molecule is CCOC(=O)C1C=C(CCCc2ccccc2)C[C@H](O)C1. The number of carbonyl (C=O) groups excluding carboxylic acids is 1. The van der Waals surface area contributed by atoms with Gasteiger partial charge in [0.25, 0.3) is 0 Å². The van der Waals surface area contributed by atoms with E-state index in [1.807, 2.05) is 19.1 Å². The smallest absolute Gasteiger partial charge is 0.312 e. The summed E-state index contributed by atoms with van der Waals surface area (Å²) in [5.41, 5.74) is 2.51. The van der Waals surface area contributed by atoms with Gasteiger partial charge in [-0.1, -0.05) is 42.0 Å². The van der Waals surface area contributed by atoms with Crippen molar-refractivity contribution in [1.82, 2.24) is 0 Å². The minimum Gasteiger partial charge on any atom is -0.466 e. The third-order valence-corrected chi connectivity index (χ3v) is 3.86. The van der Waals surface area contributed by atoms with Gasteiger partial charge in [0.15, 0.2) is 0 Å². The zero-order valence-corrected chi connectivity index (χ0v) is 12.6. The minimum atomic E-state index is -0.420. The normalized spacial score (nSPS) is 21.7. The highest BCUT2D eigenvalue weighted by atomic mass is 16.5. The zero-order chi connectivity index (χ0) is 15.1. The molecule has 0 amide bonds. The van der Waals surface area contributed by atoms with E-state index in [-0.39, 0.29) is 11.9 Å². The average Bonchev–Trinajstić information content (AvgIpc) is 2.48. The van der Waals surface area contributed by atoms with Crippen molar-refractivity contribution in [2.75, 3.05) is 6.61 Å². The highest BCUT2D eigenvalue weighted by Gasteiger charge is 2.26. The topological polar surface area (TPSA) is 46.5 Å². The van der Waals surface area contributed by atoms with E-state index in [0.29, 0.717) is 19.4 Å². The monoisotopic (exact) mass is 288 g/mol. The number of carbonyl (C=O) groups is 1. The van der Waals surface area contributed by atoms with E-state index in [1.54, 1.807) is 0 Å². The molecule has 3 nitrogen and oxygen atoms in total. The number of benzene rings is 1. The van der Waals surface area contributed by atoms with Crippen LogP contribution in [0.4, 0.5) is 0 Å². The van der Waals surface area contributed by atoms with Crippen LogP contribution in [0.1, 0.15) is 38.2 Å². The van der Waals surface area contributed by atoms with E-state index >= 15 is 0 Å². The van der Waals surface area contributed by atoms with Gasteiger partial charge in [-0.2, -0.15) is 0 Å². The van der Waals surface area contributed by atoms with Gasteiger partial charge in [-0.15, -0.1) is 0 Å². The van der Waals surface area contributed by atoms with Crippen molar-refractivity contribution in [3.63, 3.8) is 0 Å². The molecule has 0 spiro atoms. The quantitative estimate of drug-likeness (QED) is 0.645. The molecule has 1 unspecified atom stereocenters. The van der Waals surface area contributed by atoms with Crippen molar-refractivity contribution in [2.24, 2.45) is 5.92 Å². The second-order valence-electron chi connectivity index (χ2n) is 5.62. The highest BCUT2D eigenvalue weighted by Crippen LogP contribution is 2.27. The summed E-state index contributed by atoms with van der Waals surface area (Å²) >= 11 is 0. The Morgan fingerprint density at radius 1 is 1.29 bits per heavy atom. The summed E-state index contributed by atoms with van der Waals surface area (Å²) < 4.78 is 5.06. The lowest BCUT2D eigenvalue weighted by molar-refractivity contribution is -0.147. The summed E-state index contributed by atoms with van der Waals surface area (Å²) in [5, 5.41) is 9.93. The van der Waals surface area contributed by atoms with E-state index in [9.17, 15) is 9.90 Å². The van der Waals surface area contributed by atoms with Gasteiger partial charge < -0.3 is 9.84 Å². The van der Waals surface area contributed by atoms with Crippen molar-refractivity contribution in [3.05, 3.63) is 47.5 Å². The lowest BCUT2D eigenvalue weighted by atomic mass is 9.86.